The van der Waals surface area contributed by atoms with E-state index >= 15 is 0 Å². The van der Waals surface area contributed by atoms with E-state index in [1.165, 1.54) is 6.39 Å². The van der Waals surface area contributed by atoms with Crippen molar-refractivity contribution in [2.75, 3.05) is 0 Å². The Morgan fingerprint density at radius 1 is 1.71 bits per heavy atom. The fraction of sp³-hybridized carbons (Fsp3) is 0.444. The van der Waals surface area contributed by atoms with E-state index in [9.17, 15) is 4.79 Å². The van der Waals surface area contributed by atoms with Gasteiger partial charge in [0.1, 0.15) is 5.54 Å². The van der Waals surface area contributed by atoms with Crippen LogP contribution in [0.3, 0.4) is 0 Å². The number of hydrogen-bond acceptors (Lipinski definition) is 4. The standard InChI is InChI=1S/C9H11N3O2/c1-6-7(14-5-11-6)8(13)12-9(2,3)4-10/h5H,1-3H3,(H,12,13). The maximum atomic E-state index is 11.5. The number of nitrogens with one attached hydrogen (secondary N) is 1. The van der Waals surface area contributed by atoms with Gasteiger partial charge in [0.25, 0.3) is 5.91 Å². The van der Waals surface area contributed by atoms with E-state index in [1.54, 1.807) is 20.8 Å². The van der Waals surface area contributed by atoms with Gasteiger partial charge in [-0.15, -0.1) is 0 Å². The highest BCUT2D eigenvalue weighted by Crippen LogP contribution is 2.07. The molecule has 0 saturated carbocycles. The summed E-state index contributed by atoms with van der Waals surface area (Å²) in [5, 5.41) is 11.2. The number of nitriles is 1. The van der Waals surface area contributed by atoms with Crippen LogP contribution in [-0.4, -0.2) is 16.4 Å². The number of aryl methyl sites for hydroxylation is 1. The minimum atomic E-state index is -0.906. The molecule has 0 aliphatic carbocycles. The molecule has 14 heavy (non-hydrogen) atoms. The Bertz CT molecular complexity index is 387. The van der Waals surface area contributed by atoms with Gasteiger partial charge in [0, 0.05) is 0 Å². The molecule has 0 aliphatic rings. The molecule has 1 heterocycles. The summed E-state index contributed by atoms with van der Waals surface area (Å²) in [5.41, 5.74) is -0.396. The fourth-order valence-electron chi connectivity index (χ4n) is 0.888. The zero-order chi connectivity index (χ0) is 10.8. The molecule has 1 aromatic rings. The molecule has 0 bridgehead atoms. The lowest BCUT2D eigenvalue weighted by Gasteiger charge is -2.16. The number of oxazole rings is 1. The molecule has 1 rings (SSSR count). The van der Waals surface area contributed by atoms with Crippen LogP contribution in [0.1, 0.15) is 30.1 Å². The Labute approximate surface area is 81.7 Å². The van der Waals surface area contributed by atoms with Gasteiger partial charge in [-0.05, 0) is 20.8 Å². The van der Waals surface area contributed by atoms with Crippen molar-refractivity contribution in [3.63, 3.8) is 0 Å². The van der Waals surface area contributed by atoms with E-state index in [4.69, 9.17) is 9.68 Å². The van der Waals surface area contributed by atoms with Crippen molar-refractivity contribution >= 4 is 5.91 Å². The lowest BCUT2D eigenvalue weighted by atomic mass is 10.1. The van der Waals surface area contributed by atoms with Gasteiger partial charge < -0.3 is 9.73 Å². The van der Waals surface area contributed by atoms with Crippen molar-refractivity contribution in [1.82, 2.24) is 10.3 Å². The molecule has 0 spiro atoms. The predicted octanol–water partition coefficient (Wildman–Crippen LogP) is 1.01. The van der Waals surface area contributed by atoms with Crippen LogP contribution in [0.25, 0.3) is 0 Å². The number of hydrogen-bond donors (Lipinski definition) is 1. The molecule has 0 unspecified atom stereocenters. The van der Waals surface area contributed by atoms with Crippen molar-refractivity contribution < 1.29 is 9.21 Å². The topological polar surface area (TPSA) is 78.9 Å². The van der Waals surface area contributed by atoms with Gasteiger partial charge in [0.15, 0.2) is 6.39 Å². The molecule has 1 amide bonds. The summed E-state index contributed by atoms with van der Waals surface area (Å²) in [4.78, 5) is 15.3. The van der Waals surface area contributed by atoms with Crippen LogP contribution in [0.4, 0.5) is 0 Å². The molecule has 0 aliphatic heterocycles. The SMILES string of the molecule is Cc1ncoc1C(=O)NC(C)(C)C#N. The summed E-state index contributed by atoms with van der Waals surface area (Å²) >= 11 is 0. The Morgan fingerprint density at radius 3 is 2.79 bits per heavy atom. The summed E-state index contributed by atoms with van der Waals surface area (Å²) in [6, 6.07) is 1.96. The highest BCUT2D eigenvalue weighted by molar-refractivity contribution is 5.93. The van der Waals surface area contributed by atoms with Crippen LogP contribution < -0.4 is 5.32 Å². The maximum Gasteiger partial charge on any atom is 0.290 e. The Morgan fingerprint density at radius 2 is 2.36 bits per heavy atom. The van der Waals surface area contributed by atoms with E-state index in [-0.39, 0.29) is 5.76 Å². The van der Waals surface area contributed by atoms with E-state index in [1.807, 2.05) is 6.07 Å². The molecule has 0 fully saturated rings. The van der Waals surface area contributed by atoms with E-state index in [0.29, 0.717) is 5.69 Å². The van der Waals surface area contributed by atoms with Gasteiger partial charge in [-0.3, -0.25) is 4.79 Å². The molecular weight excluding hydrogens is 182 g/mol. The second-order valence-corrected chi connectivity index (χ2v) is 3.46. The van der Waals surface area contributed by atoms with Gasteiger partial charge in [0.05, 0.1) is 11.8 Å². The predicted molar refractivity (Wildman–Crippen MR) is 48.4 cm³/mol. The molecule has 0 atom stereocenters. The normalized spacial score (nSPS) is 10.7. The lowest BCUT2D eigenvalue weighted by Crippen LogP contribution is -2.42. The van der Waals surface area contributed by atoms with Crippen molar-refractivity contribution in [2.24, 2.45) is 0 Å². The molecule has 1 N–H and O–H groups in total. The first kappa shape index (κ1) is 10.3. The third-order valence-corrected chi connectivity index (χ3v) is 1.66. The number of carbonyl (C=O) groups excluding carboxylic acids is 1. The van der Waals surface area contributed by atoms with Crippen LogP contribution in [0.15, 0.2) is 10.8 Å². The van der Waals surface area contributed by atoms with E-state index < -0.39 is 11.4 Å². The number of nitrogens with zero attached hydrogens (tertiary/aromatic N) is 2. The summed E-state index contributed by atoms with van der Waals surface area (Å²) in [6.07, 6.45) is 1.20. The van der Waals surface area contributed by atoms with Crippen LogP contribution in [-0.2, 0) is 0 Å². The average molecular weight is 193 g/mol. The third kappa shape index (κ3) is 2.10. The molecule has 1 aromatic heterocycles. The van der Waals surface area contributed by atoms with Crippen molar-refractivity contribution in [2.45, 2.75) is 26.3 Å². The zero-order valence-electron chi connectivity index (χ0n) is 8.29. The van der Waals surface area contributed by atoms with Gasteiger partial charge in [-0.1, -0.05) is 0 Å². The summed E-state index contributed by atoms with van der Waals surface area (Å²) < 4.78 is 4.88. The van der Waals surface area contributed by atoms with Crippen LogP contribution in [0.2, 0.25) is 0 Å². The second kappa shape index (κ2) is 3.50. The van der Waals surface area contributed by atoms with Gasteiger partial charge in [-0.25, -0.2) is 4.98 Å². The van der Waals surface area contributed by atoms with Crippen molar-refractivity contribution in [3.05, 3.63) is 17.8 Å². The van der Waals surface area contributed by atoms with Gasteiger partial charge >= 0.3 is 0 Å². The highest BCUT2D eigenvalue weighted by Gasteiger charge is 2.23. The van der Waals surface area contributed by atoms with Crippen molar-refractivity contribution in [3.8, 4) is 6.07 Å². The van der Waals surface area contributed by atoms with Gasteiger partial charge in [0.2, 0.25) is 5.76 Å². The number of carbonyl (C=O) groups is 1. The Balaban J connectivity index is 2.80. The molecule has 0 aromatic carbocycles. The first-order chi connectivity index (χ1) is 6.46. The fourth-order valence-corrected chi connectivity index (χ4v) is 0.888. The molecule has 5 nitrogen and oxygen atoms in total. The number of rotatable bonds is 2. The molecule has 5 heteroatoms. The zero-order valence-corrected chi connectivity index (χ0v) is 8.29. The summed E-state index contributed by atoms with van der Waals surface area (Å²) in [6.45, 7) is 4.88. The van der Waals surface area contributed by atoms with Crippen LogP contribution in [0, 0.1) is 18.3 Å². The summed E-state index contributed by atoms with van der Waals surface area (Å²) in [7, 11) is 0. The number of aromatic nitrogens is 1. The molecular formula is C9H11N3O2. The maximum absolute atomic E-state index is 11.5. The minimum Gasteiger partial charge on any atom is -0.438 e. The Kier molecular flexibility index (Phi) is 2.56. The molecule has 0 saturated heterocycles. The van der Waals surface area contributed by atoms with Crippen LogP contribution in [0.5, 0.6) is 0 Å². The Hall–Kier alpha value is -1.83. The third-order valence-electron chi connectivity index (χ3n) is 1.66. The second-order valence-electron chi connectivity index (χ2n) is 3.46. The smallest absolute Gasteiger partial charge is 0.290 e. The first-order valence-electron chi connectivity index (χ1n) is 4.10. The first-order valence-corrected chi connectivity index (χ1v) is 4.10. The van der Waals surface area contributed by atoms with E-state index in [2.05, 4.69) is 10.3 Å². The lowest BCUT2D eigenvalue weighted by molar-refractivity contribution is 0.0900. The van der Waals surface area contributed by atoms with E-state index in [0.717, 1.165) is 0 Å². The molecule has 74 valence electrons. The average Bonchev–Trinajstić information content (AvgIpc) is 2.51. The van der Waals surface area contributed by atoms with Gasteiger partial charge in [-0.2, -0.15) is 5.26 Å². The number of amides is 1. The quantitative estimate of drug-likeness (QED) is 0.760. The van der Waals surface area contributed by atoms with Crippen LogP contribution >= 0.6 is 0 Å². The van der Waals surface area contributed by atoms with Crippen molar-refractivity contribution in [1.29, 1.82) is 5.26 Å². The summed E-state index contributed by atoms with van der Waals surface area (Å²) in [5.74, 6) is -0.278. The largest absolute Gasteiger partial charge is 0.438 e. The monoisotopic (exact) mass is 193 g/mol. The minimum absolute atomic E-state index is 0.147. The molecule has 0 radical (unpaired) electrons. The highest BCUT2D eigenvalue weighted by atomic mass is 16.3.